The van der Waals surface area contributed by atoms with Crippen LogP contribution >= 0.6 is 0 Å². The third kappa shape index (κ3) is 4.38. The second-order valence-corrected chi connectivity index (χ2v) is 9.65. The first-order chi connectivity index (χ1) is 15.2. The van der Waals surface area contributed by atoms with Crippen molar-refractivity contribution < 1.29 is 19.1 Å². The lowest BCUT2D eigenvalue weighted by Gasteiger charge is -2.44. The molecular weight excluding hydrogens is 402 g/mol. The van der Waals surface area contributed by atoms with E-state index in [1.807, 2.05) is 49.1 Å². The van der Waals surface area contributed by atoms with Gasteiger partial charge in [-0.1, -0.05) is 32.0 Å². The van der Waals surface area contributed by atoms with E-state index in [1.165, 1.54) is 5.56 Å². The van der Waals surface area contributed by atoms with Crippen molar-refractivity contribution in [2.45, 2.75) is 71.5 Å². The fourth-order valence-corrected chi connectivity index (χ4v) is 4.79. The van der Waals surface area contributed by atoms with Crippen molar-refractivity contribution in [1.82, 2.24) is 4.90 Å². The van der Waals surface area contributed by atoms with Crippen LogP contribution in [0.3, 0.4) is 0 Å². The molecule has 0 bridgehead atoms. The van der Waals surface area contributed by atoms with Crippen molar-refractivity contribution in [2.75, 3.05) is 13.1 Å². The summed E-state index contributed by atoms with van der Waals surface area (Å²) >= 11 is 0. The molecule has 5 nitrogen and oxygen atoms in total. The zero-order valence-corrected chi connectivity index (χ0v) is 19.7. The second kappa shape index (κ2) is 8.61. The van der Waals surface area contributed by atoms with Gasteiger partial charge in [-0.3, -0.25) is 9.59 Å². The van der Waals surface area contributed by atoms with Crippen LogP contribution in [0.1, 0.15) is 73.0 Å². The topological polar surface area (TPSA) is 55.8 Å². The van der Waals surface area contributed by atoms with Gasteiger partial charge in [0.15, 0.2) is 11.9 Å². The molecule has 32 heavy (non-hydrogen) atoms. The molecule has 0 aromatic heterocycles. The monoisotopic (exact) mass is 435 g/mol. The molecule has 0 radical (unpaired) electrons. The Morgan fingerprint density at radius 3 is 2.34 bits per heavy atom. The first-order valence-corrected chi connectivity index (χ1v) is 11.6. The summed E-state index contributed by atoms with van der Waals surface area (Å²) in [6.45, 7) is 11.2. The average molecular weight is 436 g/mol. The van der Waals surface area contributed by atoms with Gasteiger partial charge in [0.05, 0.1) is 12.0 Å². The molecule has 1 fully saturated rings. The maximum absolute atomic E-state index is 13.0. The van der Waals surface area contributed by atoms with E-state index in [0.29, 0.717) is 55.3 Å². The number of fused-ring (bicyclic) bond motifs is 1. The van der Waals surface area contributed by atoms with E-state index in [2.05, 4.69) is 19.9 Å². The van der Waals surface area contributed by atoms with Crippen LogP contribution in [-0.4, -0.2) is 41.4 Å². The minimum atomic E-state index is -0.561. The molecule has 0 aliphatic carbocycles. The molecule has 2 aromatic carbocycles. The standard InChI is InChI=1S/C27H33NO4/c1-17(2)21-6-8-22(9-7-21)31-20(5)26(30)28-12-10-27(11-13-28)16-24(29)23-15-18(3)14-19(4)25(23)32-27/h6-9,14-15,17,20H,10-13,16H2,1-5H3. The highest BCUT2D eigenvalue weighted by Gasteiger charge is 2.44. The van der Waals surface area contributed by atoms with Crippen molar-refractivity contribution in [2.24, 2.45) is 0 Å². The lowest BCUT2D eigenvalue weighted by molar-refractivity contribution is -0.141. The van der Waals surface area contributed by atoms with Crippen molar-refractivity contribution in [3.63, 3.8) is 0 Å². The number of Topliss-reactive ketones (excluding diaryl/α,β-unsaturated/α-hetero) is 1. The van der Waals surface area contributed by atoms with E-state index in [-0.39, 0.29) is 11.7 Å². The highest BCUT2D eigenvalue weighted by Crippen LogP contribution is 2.41. The summed E-state index contributed by atoms with van der Waals surface area (Å²) in [5, 5.41) is 0. The fraction of sp³-hybridized carbons (Fsp3) is 0.481. The van der Waals surface area contributed by atoms with E-state index in [9.17, 15) is 9.59 Å². The number of amides is 1. The van der Waals surface area contributed by atoms with Crippen molar-refractivity contribution in [3.8, 4) is 11.5 Å². The molecule has 2 aliphatic heterocycles. The Balaban J connectivity index is 1.38. The average Bonchev–Trinajstić information content (AvgIpc) is 2.75. The van der Waals surface area contributed by atoms with Crippen molar-refractivity contribution in [3.05, 3.63) is 58.7 Å². The predicted molar refractivity (Wildman–Crippen MR) is 125 cm³/mol. The van der Waals surface area contributed by atoms with Gasteiger partial charge in [-0.2, -0.15) is 0 Å². The molecule has 2 aromatic rings. The van der Waals surface area contributed by atoms with Crippen LogP contribution in [-0.2, 0) is 4.79 Å². The number of benzene rings is 2. The number of carbonyl (C=O) groups is 2. The number of aryl methyl sites for hydroxylation is 2. The van der Waals surface area contributed by atoms with Gasteiger partial charge < -0.3 is 14.4 Å². The van der Waals surface area contributed by atoms with Crippen LogP contribution in [0.4, 0.5) is 0 Å². The largest absolute Gasteiger partial charge is 0.486 e. The van der Waals surface area contributed by atoms with Gasteiger partial charge in [-0.05, 0) is 61.6 Å². The summed E-state index contributed by atoms with van der Waals surface area (Å²) in [6, 6.07) is 11.9. The SMILES string of the molecule is Cc1cc(C)c2c(c1)C(=O)CC1(CCN(C(=O)C(C)Oc3ccc(C(C)C)cc3)CC1)O2. The quantitative estimate of drug-likeness (QED) is 0.661. The van der Waals surface area contributed by atoms with E-state index in [1.54, 1.807) is 6.92 Å². The normalized spacial score (nSPS) is 18.3. The Hall–Kier alpha value is -2.82. The minimum absolute atomic E-state index is 0.0258. The van der Waals surface area contributed by atoms with E-state index < -0.39 is 11.7 Å². The maximum Gasteiger partial charge on any atom is 0.263 e. The number of piperidine rings is 1. The highest BCUT2D eigenvalue weighted by molar-refractivity contribution is 6.01. The summed E-state index contributed by atoms with van der Waals surface area (Å²) in [5.74, 6) is 1.99. The molecule has 0 N–H and O–H groups in total. The molecule has 2 heterocycles. The Morgan fingerprint density at radius 2 is 1.72 bits per heavy atom. The summed E-state index contributed by atoms with van der Waals surface area (Å²) < 4.78 is 12.4. The van der Waals surface area contributed by atoms with Gasteiger partial charge in [-0.25, -0.2) is 0 Å². The van der Waals surface area contributed by atoms with Crippen LogP contribution in [0.25, 0.3) is 0 Å². The van der Waals surface area contributed by atoms with Gasteiger partial charge in [0.1, 0.15) is 17.1 Å². The number of hydrogen-bond acceptors (Lipinski definition) is 4. The lowest BCUT2D eigenvalue weighted by Crippen LogP contribution is -2.54. The first kappa shape index (κ1) is 22.4. The molecule has 5 heteroatoms. The molecule has 2 aliphatic rings. The summed E-state index contributed by atoms with van der Waals surface area (Å²) in [5.41, 5.74) is 3.49. The van der Waals surface area contributed by atoms with Crippen molar-refractivity contribution in [1.29, 1.82) is 0 Å². The number of carbonyl (C=O) groups excluding carboxylic acids is 2. The molecule has 1 spiro atoms. The van der Waals surface area contributed by atoms with Gasteiger partial charge >= 0.3 is 0 Å². The summed E-state index contributed by atoms with van der Waals surface area (Å²) in [7, 11) is 0. The molecule has 1 atom stereocenters. The first-order valence-electron chi connectivity index (χ1n) is 11.6. The van der Waals surface area contributed by atoms with Gasteiger partial charge in [0.2, 0.25) is 0 Å². The molecule has 4 rings (SSSR count). The third-order valence-corrected chi connectivity index (χ3v) is 6.71. The molecule has 1 amide bonds. The number of nitrogens with zero attached hydrogens (tertiary/aromatic N) is 1. The Morgan fingerprint density at radius 1 is 1.06 bits per heavy atom. The third-order valence-electron chi connectivity index (χ3n) is 6.71. The molecule has 0 saturated carbocycles. The fourth-order valence-electron chi connectivity index (χ4n) is 4.79. The number of ketones is 1. The van der Waals surface area contributed by atoms with Crippen molar-refractivity contribution >= 4 is 11.7 Å². The molecular formula is C27H33NO4. The zero-order chi connectivity index (χ0) is 23.0. The second-order valence-electron chi connectivity index (χ2n) is 9.65. The number of likely N-dealkylation sites (tertiary alicyclic amines) is 1. The van der Waals surface area contributed by atoms with Crippen LogP contribution in [0.2, 0.25) is 0 Å². The molecule has 170 valence electrons. The Kier molecular flexibility index (Phi) is 6.02. The zero-order valence-electron chi connectivity index (χ0n) is 19.7. The number of rotatable bonds is 4. The molecule has 1 unspecified atom stereocenters. The van der Waals surface area contributed by atoms with Crippen LogP contribution in [0, 0.1) is 13.8 Å². The lowest BCUT2D eigenvalue weighted by atomic mass is 9.81. The minimum Gasteiger partial charge on any atom is -0.486 e. The highest BCUT2D eigenvalue weighted by atomic mass is 16.5. The van der Waals surface area contributed by atoms with E-state index >= 15 is 0 Å². The number of ether oxygens (including phenoxy) is 2. The summed E-state index contributed by atoms with van der Waals surface area (Å²) in [4.78, 5) is 27.7. The Bertz CT molecular complexity index is 1020. The smallest absolute Gasteiger partial charge is 0.263 e. The maximum atomic E-state index is 13.0. The van der Waals surface area contributed by atoms with Gasteiger partial charge in [0.25, 0.3) is 5.91 Å². The van der Waals surface area contributed by atoms with Crippen LogP contribution in [0.5, 0.6) is 11.5 Å². The van der Waals surface area contributed by atoms with Gasteiger partial charge in [0, 0.05) is 25.9 Å². The predicted octanol–water partition coefficient (Wildman–Crippen LogP) is 5.22. The Labute approximate surface area is 190 Å². The van der Waals surface area contributed by atoms with Crippen LogP contribution in [0.15, 0.2) is 36.4 Å². The van der Waals surface area contributed by atoms with E-state index in [0.717, 1.165) is 11.1 Å². The van der Waals surface area contributed by atoms with E-state index in [4.69, 9.17) is 9.47 Å². The summed E-state index contributed by atoms with van der Waals surface area (Å²) in [6.07, 6.45) is 1.10. The molecule has 1 saturated heterocycles. The van der Waals surface area contributed by atoms with Crippen LogP contribution < -0.4 is 9.47 Å². The van der Waals surface area contributed by atoms with Gasteiger partial charge in [-0.15, -0.1) is 0 Å². The number of hydrogen-bond donors (Lipinski definition) is 0.